The highest BCUT2D eigenvalue weighted by molar-refractivity contribution is 6.41. The van der Waals surface area contributed by atoms with Gasteiger partial charge >= 0.3 is 0 Å². The quantitative estimate of drug-likeness (QED) is 0.404. The topological polar surface area (TPSA) is 95.6 Å². The molecule has 0 atom stereocenters. The monoisotopic (exact) mass is 224 g/mol. The first kappa shape index (κ1) is 14.3. The van der Waals surface area contributed by atoms with Gasteiger partial charge in [0.1, 0.15) is 0 Å². The fourth-order valence-corrected chi connectivity index (χ4v) is 0.796. The van der Waals surface area contributed by atoms with Crippen LogP contribution in [0.3, 0.4) is 0 Å². The Morgan fingerprint density at radius 3 is 1.25 bits per heavy atom. The third kappa shape index (κ3) is 5.23. The van der Waals surface area contributed by atoms with Crippen LogP contribution in [0.15, 0.2) is 20.3 Å². The molecule has 0 spiro atoms. The van der Waals surface area contributed by atoms with Crippen LogP contribution in [-0.4, -0.2) is 35.9 Å². The molecule has 0 aromatic heterocycles. The van der Waals surface area contributed by atoms with E-state index in [2.05, 4.69) is 20.3 Å². The highest BCUT2D eigenvalue weighted by Crippen LogP contribution is 1.88. The van der Waals surface area contributed by atoms with Crippen LogP contribution in [0.2, 0.25) is 0 Å². The van der Waals surface area contributed by atoms with Gasteiger partial charge < -0.3 is 20.7 Å². The molecular formula is C10H16N4O2-2. The summed E-state index contributed by atoms with van der Waals surface area (Å²) in [6, 6.07) is 0. The molecule has 0 saturated carbocycles. The van der Waals surface area contributed by atoms with Gasteiger partial charge in [-0.25, -0.2) is 0 Å². The van der Waals surface area contributed by atoms with Crippen LogP contribution >= 0.6 is 0 Å². The lowest BCUT2D eigenvalue weighted by Crippen LogP contribution is -2.09. The van der Waals surface area contributed by atoms with E-state index in [0.29, 0.717) is 35.9 Å². The van der Waals surface area contributed by atoms with Crippen LogP contribution < -0.4 is 0 Å². The molecular weight excluding hydrogens is 208 g/mol. The van der Waals surface area contributed by atoms with Gasteiger partial charge in [0, 0.05) is 11.4 Å². The third-order valence-corrected chi connectivity index (χ3v) is 2.12. The molecule has 0 aromatic rings. The molecule has 0 N–H and O–H groups in total. The molecule has 0 saturated heterocycles. The maximum Gasteiger partial charge on any atom is 0.0589 e. The van der Waals surface area contributed by atoms with Crippen molar-refractivity contribution in [3.8, 4) is 0 Å². The number of nitrogens with zero attached hydrogens (tertiary/aromatic N) is 4. The van der Waals surface area contributed by atoms with Crippen molar-refractivity contribution in [3.05, 3.63) is 10.4 Å². The minimum atomic E-state index is 0.373. The average Bonchev–Trinajstić information content (AvgIpc) is 2.31. The summed E-state index contributed by atoms with van der Waals surface area (Å²) in [6.07, 6.45) is 0. The van der Waals surface area contributed by atoms with Gasteiger partial charge in [-0.15, -0.1) is 0 Å². The largest absolute Gasteiger partial charge is 0.792 e. The predicted octanol–water partition coefficient (Wildman–Crippen LogP) is 1.83. The smallest absolute Gasteiger partial charge is 0.0589 e. The van der Waals surface area contributed by atoms with E-state index in [1.807, 2.05) is 0 Å². The SMILES string of the molecule is CC(=NCCN=C(C)/C(C)=N/[O-])/C(C)=N/[O-]. The van der Waals surface area contributed by atoms with E-state index in [9.17, 15) is 10.4 Å². The minimum Gasteiger partial charge on any atom is -0.792 e. The molecule has 16 heavy (non-hydrogen) atoms. The molecule has 0 amide bonds. The summed E-state index contributed by atoms with van der Waals surface area (Å²) in [7, 11) is 0. The molecule has 0 unspecified atom stereocenters. The van der Waals surface area contributed by atoms with Crippen LogP contribution in [0.25, 0.3) is 0 Å². The van der Waals surface area contributed by atoms with Gasteiger partial charge in [0.15, 0.2) is 0 Å². The maximum atomic E-state index is 10.2. The van der Waals surface area contributed by atoms with E-state index in [1.165, 1.54) is 0 Å². The normalized spacial score (nSPS) is 15.5. The van der Waals surface area contributed by atoms with Crippen molar-refractivity contribution in [2.45, 2.75) is 27.7 Å². The summed E-state index contributed by atoms with van der Waals surface area (Å²) in [5.74, 6) is 0. The standard InChI is InChI=1S/C10H18N4O2/c1-7(9(3)13-15)11-5-6-12-8(2)10(4)14-16/h15-16H,5-6H2,1-4H3/p-2/b11-7?,12-8?,13-9+,14-10+. The van der Waals surface area contributed by atoms with Crippen LogP contribution in [0.1, 0.15) is 27.7 Å². The first-order valence-electron chi connectivity index (χ1n) is 4.89. The summed E-state index contributed by atoms with van der Waals surface area (Å²) in [5.41, 5.74) is 1.96. The van der Waals surface area contributed by atoms with Crippen LogP contribution in [-0.2, 0) is 0 Å². The second kappa shape index (κ2) is 7.56. The Kier molecular flexibility index (Phi) is 6.74. The van der Waals surface area contributed by atoms with Gasteiger partial charge in [-0.3, -0.25) is 9.98 Å². The second-order valence-electron chi connectivity index (χ2n) is 3.29. The van der Waals surface area contributed by atoms with Crippen molar-refractivity contribution in [2.24, 2.45) is 20.3 Å². The van der Waals surface area contributed by atoms with Gasteiger partial charge in [0.25, 0.3) is 0 Å². The van der Waals surface area contributed by atoms with Gasteiger partial charge in [0.2, 0.25) is 0 Å². The van der Waals surface area contributed by atoms with Crippen molar-refractivity contribution in [1.29, 1.82) is 0 Å². The first-order valence-corrected chi connectivity index (χ1v) is 4.89. The van der Waals surface area contributed by atoms with Crippen molar-refractivity contribution in [3.63, 3.8) is 0 Å². The van der Waals surface area contributed by atoms with Crippen molar-refractivity contribution < 1.29 is 0 Å². The summed E-state index contributed by atoms with van der Waals surface area (Å²) in [4.78, 5) is 8.23. The van der Waals surface area contributed by atoms with Crippen LogP contribution in [0.5, 0.6) is 0 Å². The summed E-state index contributed by atoms with van der Waals surface area (Å²) in [6.45, 7) is 7.57. The molecule has 0 bridgehead atoms. The number of hydrogen-bond acceptors (Lipinski definition) is 6. The molecule has 0 aliphatic heterocycles. The zero-order valence-corrected chi connectivity index (χ0v) is 10.0. The molecule has 90 valence electrons. The molecule has 0 rings (SSSR count). The van der Waals surface area contributed by atoms with Crippen LogP contribution in [0.4, 0.5) is 0 Å². The van der Waals surface area contributed by atoms with Crippen molar-refractivity contribution in [1.82, 2.24) is 0 Å². The lowest BCUT2D eigenvalue weighted by atomic mass is 10.3. The van der Waals surface area contributed by atoms with E-state index in [1.54, 1.807) is 27.7 Å². The molecule has 0 aliphatic rings. The van der Waals surface area contributed by atoms with Gasteiger partial charge in [0.05, 0.1) is 24.5 Å². The van der Waals surface area contributed by atoms with E-state index < -0.39 is 0 Å². The Labute approximate surface area is 95.1 Å². The van der Waals surface area contributed by atoms with Crippen molar-refractivity contribution in [2.75, 3.05) is 13.1 Å². The first-order chi connectivity index (χ1) is 7.52. The maximum absolute atomic E-state index is 10.2. The highest BCUT2D eigenvalue weighted by Gasteiger charge is 1.94. The molecule has 0 aliphatic carbocycles. The van der Waals surface area contributed by atoms with Crippen molar-refractivity contribution >= 4 is 22.8 Å². The Balaban J connectivity index is 4.20. The van der Waals surface area contributed by atoms with E-state index >= 15 is 0 Å². The summed E-state index contributed by atoms with van der Waals surface area (Å²) in [5, 5.41) is 25.9. The van der Waals surface area contributed by atoms with Gasteiger partial charge in [-0.1, -0.05) is 0 Å². The van der Waals surface area contributed by atoms with Crippen LogP contribution in [0, 0.1) is 10.4 Å². The molecule has 0 aromatic carbocycles. The van der Waals surface area contributed by atoms with Gasteiger partial charge in [-0.05, 0) is 27.7 Å². The molecule has 0 radical (unpaired) electrons. The van der Waals surface area contributed by atoms with E-state index in [-0.39, 0.29) is 0 Å². The Morgan fingerprint density at radius 2 is 1.00 bits per heavy atom. The Hall–Kier alpha value is -1.72. The molecule has 0 fully saturated rings. The van der Waals surface area contributed by atoms with Gasteiger partial charge in [-0.2, -0.15) is 0 Å². The number of rotatable bonds is 5. The fourth-order valence-electron chi connectivity index (χ4n) is 0.796. The van der Waals surface area contributed by atoms with E-state index in [4.69, 9.17) is 0 Å². The fraction of sp³-hybridized carbons (Fsp3) is 0.600. The molecule has 6 heteroatoms. The minimum absolute atomic E-state index is 0.373. The Bertz CT molecular complexity index is 309. The third-order valence-electron chi connectivity index (χ3n) is 2.12. The zero-order valence-electron chi connectivity index (χ0n) is 10.0. The van der Waals surface area contributed by atoms with E-state index in [0.717, 1.165) is 0 Å². The molecule has 0 heterocycles. The molecule has 6 nitrogen and oxygen atoms in total. The lowest BCUT2D eigenvalue weighted by molar-refractivity contribution is 0.977. The predicted molar refractivity (Wildman–Crippen MR) is 68.9 cm³/mol. The average molecular weight is 224 g/mol. The summed E-state index contributed by atoms with van der Waals surface area (Å²) >= 11 is 0. The highest BCUT2D eigenvalue weighted by atomic mass is 16.4. The zero-order chi connectivity index (χ0) is 12.6. The second-order valence-corrected chi connectivity index (χ2v) is 3.29. The number of hydrogen-bond donors (Lipinski definition) is 0. The lowest BCUT2D eigenvalue weighted by Gasteiger charge is -2.03. The summed E-state index contributed by atoms with van der Waals surface area (Å²) < 4.78 is 0. The Morgan fingerprint density at radius 1 is 0.688 bits per heavy atom. The number of aliphatic imine (C=N–C) groups is 2.